The number of carbonyl (C=O) groups is 1. The molecule has 0 radical (unpaired) electrons. The highest BCUT2D eigenvalue weighted by Gasteiger charge is 2.37. The Balaban J connectivity index is 2.22. The number of hydrogen-bond acceptors (Lipinski definition) is 2. The lowest BCUT2D eigenvalue weighted by atomic mass is 9.81. The molecule has 0 aromatic heterocycles. The predicted molar refractivity (Wildman–Crippen MR) is 84.2 cm³/mol. The Morgan fingerprint density at radius 1 is 1.35 bits per heavy atom. The molecule has 1 aliphatic rings. The summed E-state index contributed by atoms with van der Waals surface area (Å²) >= 11 is 8.28. The lowest BCUT2D eigenvalue weighted by molar-refractivity contribution is 0.0904. The number of hydrogen-bond donors (Lipinski definition) is 2. The molecule has 2 rings (SSSR count). The van der Waals surface area contributed by atoms with Gasteiger partial charge in [0.1, 0.15) is 5.82 Å². The van der Waals surface area contributed by atoms with Gasteiger partial charge in [0, 0.05) is 4.47 Å². The second kappa shape index (κ2) is 6.18. The summed E-state index contributed by atoms with van der Waals surface area (Å²) in [6.45, 7) is 0. The molecule has 0 bridgehead atoms. The quantitative estimate of drug-likeness (QED) is 0.815. The Hall–Kier alpha value is -1.01. The van der Waals surface area contributed by atoms with Gasteiger partial charge in [-0.25, -0.2) is 4.39 Å². The zero-order valence-electron chi connectivity index (χ0n) is 10.9. The number of rotatable bonds is 3. The van der Waals surface area contributed by atoms with Crippen LogP contribution in [-0.4, -0.2) is 16.4 Å². The molecule has 6 heteroatoms. The van der Waals surface area contributed by atoms with Crippen molar-refractivity contribution in [1.29, 1.82) is 0 Å². The van der Waals surface area contributed by atoms with E-state index in [1.54, 1.807) is 6.07 Å². The third-order valence-electron chi connectivity index (χ3n) is 3.71. The average molecular weight is 359 g/mol. The van der Waals surface area contributed by atoms with Crippen LogP contribution < -0.4 is 11.1 Å². The molecule has 0 spiro atoms. The standard InChI is InChI=1S/C14H16BrFN2OS/c15-9-4-5-10(11(16)8-9)12(19)18-14(13(17)20)6-2-1-3-7-14/h4-5,8H,1-3,6-7H2,(H2,17,20)(H,18,19). The van der Waals surface area contributed by atoms with Crippen molar-refractivity contribution < 1.29 is 9.18 Å². The van der Waals surface area contributed by atoms with Crippen LogP contribution in [0.25, 0.3) is 0 Å². The van der Waals surface area contributed by atoms with Gasteiger partial charge < -0.3 is 11.1 Å². The minimum absolute atomic E-state index is 0.00870. The molecule has 0 saturated heterocycles. The number of carbonyl (C=O) groups excluding carboxylic acids is 1. The van der Waals surface area contributed by atoms with E-state index in [9.17, 15) is 9.18 Å². The average Bonchev–Trinajstić information content (AvgIpc) is 2.39. The van der Waals surface area contributed by atoms with Gasteiger partial charge in [0.25, 0.3) is 5.91 Å². The second-order valence-electron chi connectivity index (χ2n) is 5.09. The molecular formula is C14H16BrFN2OS. The summed E-state index contributed by atoms with van der Waals surface area (Å²) < 4.78 is 14.4. The van der Waals surface area contributed by atoms with Crippen molar-refractivity contribution in [3.8, 4) is 0 Å². The Morgan fingerprint density at radius 3 is 2.55 bits per heavy atom. The van der Waals surface area contributed by atoms with Crippen molar-refractivity contribution >= 4 is 39.0 Å². The van der Waals surface area contributed by atoms with Gasteiger partial charge in [0.05, 0.1) is 16.1 Å². The Morgan fingerprint density at radius 2 is 2.00 bits per heavy atom. The van der Waals surface area contributed by atoms with E-state index in [2.05, 4.69) is 21.2 Å². The molecule has 1 fully saturated rings. The molecule has 1 aromatic rings. The number of thiocarbonyl (C=S) groups is 1. The van der Waals surface area contributed by atoms with Crippen LogP contribution in [-0.2, 0) is 0 Å². The van der Waals surface area contributed by atoms with Crippen LogP contribution in [0.4, 0.5) is 4.39 Å². The van der Waals surface area contributed by atoms with Crippen molar-refractivity contribution in [2.24, 2.45) is 5.73 Å². The van der Waals surface area contributed by atoms with Crippen LogP contribution in [0.15, 0.2) is 22.7 Å². The summed E-state index contributed by atoms with van der Waals surface area (Å²) in [7, 11) is 0. The summed E-state index contributed by atoms with van der Waals surface area (Å²) in [5.74, 6) is -1.03. The van der Waals surface area contributed by atoms with Crippen molar-refractivity contribution in [1.82, 2.24) is 5.32 Å². The summed E-state index contributed by atoms with van der Waals surface area (Å²) in [5, 5.41) is 2.85. The summed E-state index contributed by atoms with van der Waals surface area (Å²) in [6, 6.07) is 4.35. The molecule has 0 aliphatic heterocycles. The molecule has 108 valence electrons. The van der Waals surface area contributed by atoms with Crippen LogP contribution in [0.5, 0.6) is 0 Å². The lowest BCUT2D eigenvalue weighted by Crippen LogP contribution is -2.57. The lowest BCUT2D eigenvalue weighted by Gasteiger charge is -2.37. The van der Waals surface area contributed by atoms with Crippen molar-refractivity contribution in [2.45, 2.75) is 37.6 Å². The van der Waals surface area contributed by atoms with Gasteiger partial charge in [0.15, 0.2) is 0 Å². The van der Waals surface area contributed by atoms with Crippen LogP contribution in [0.1, 0.15) is 42.5 Å². The Bertz CT molecular complexity index is 544. The Labute approximate surface area is 131 Å². The maximum atomic E-state index is 13.8. The monoisotopic (exact) mass is 358 g/mol. The van der Waals surface area contributed by atoms with E-state index >= 15 is 0 Å². The molecule has 1 amide bonds. The molecule has 1 aromatic carbocycles. The molecule has 20 heavy (non-hydrogen) atoms. The van der Waals surface area contributed by atoms with Gasteiger partial charge in [-0.3, -0.25) is 4.79 Å². The third kappa shape index (κ3) is 3.17. The first-order chi connectivity index (χ1) is 9.44. The van der Waals surface area contributed by atoms with Crippen LogP contribution in [0, 0.1) is 5.82 Å². The van der Waals surface area contributed by atoms with Crippen molar-refractivity contribution in [3.63, 3.8) is 0 Å². The molecular weight excluding hydrogens is 343 g/mol. The fraction of sp³-hybridized carbons (Fsp3) is 0.429. The number of amides is 1. The normalized spacial score (nSPS) is 17.5. The highest BCUT2D eigenvalue weighted by atomic mass is 79.9. The smallest absolute Gasteiger partial charge is 0.255 e. The molecule has 0 unspecified atom stereocenters. The Kier molecular flexibility index (Phi) is 4.75. The number of halogens is 2. The van der Waals surface area contributed by atoms with Crippen LogP contribution in [0.2, 0.25) is 0 Å². The van der Waals surface area contributed by atoms with Gasteiger partial charge >= 0.3 is 0 Å². The van der Waals surface area contributed by atoms with Crippen LogP contribution in [0.3, 0.4) is 0 Å². The minimum atomic E-state index is -0.676. The first-order valence-corrected chi connectivity index (χ1v) is 7.72. The maximum Gasteiger partial charge on any atom is 0.255 e. The molecule has 3 N–H and O–H groups in total. The zero-order chi connectivity index (χ0) is 14.8. The van der Waals surface area contributed by atoms with Gasteiger partial charge in [0.2, 0.25) is 0 Å². The molecule has 3 nitrogen and oxygen atoms in total. The zero-order valence-corrected chi connectivity index (χ0v) is 13.3. The highest BCUT2D eigenvalue weighted by Crippen LogP contribution is 2.29. The van der Waals surface area contributed by atoms with E-state index < -0.39 is 17.3 Å². The molecule has 1 aliphatic carbocycles. The largest absolute Gasteiger partial charge is 0.391 e. The van der Waals surface area contributed by atoms with Gasteiger partial charge in [-0.1, -0.05) is 47.4 Å². The topological polar surface area (TPSA) is 55.1 Å². The van der Waals surface area contributed by atoms with E-state index in [0.717, 1.165) is 19.3 Å². The number of nitrogens with one attached hydrogen (secondary N) is 1. The molecule has 1 saturated carbocycles. The van der Waals surface area contributed by atoms with Gasteiger partial charge in [-0.05, 0) is 31.0 Å². The third-order valence-corrected chi connectivity index (χ3v) is 4.59. The van der Waals surface area contributed by atoms with Crippen molar-refractivity contribution in [2.75, 3.05) is 0 Å². The van der Waals surface area contributed by atoms with E-state index in [4.69, 9.17) is 18.0 Å². The summed E-state index contributed by atoms with van der Waals surface area (Å²) in [5.41, 5.74) is 5.14. The second-order valence-corrected chi connectivity index (χ2v) is 6.44. The van der Waals surface area contributed by atoms with E-state index in [0.29, 0.717) is 17.3 Å². The minimum Gasteiger partial charge on any atom is -0.391 e. The summed E-state index contributed by atoms with van der Waals surface area (Å²) in [4.78, 5) is 12.6. The first kappa shape index (κ1) is 15.4. The first-order valence-electron chi connectivity index (χ1n) is 6.52. The number of benzene rings is 1. The van der Waals surface area contributed by atoms with E-state index in [1.807, 2.05) is 0 Å². The molecule has 0 heterocycles. The van der Waals surface area contributed by atoms with E-state index in [-0.39, 0.29) is 10.6 Å². The summed E-state index contributed by atoms with van der Waals surface area (Å²) in [6.07, 6.45) is 4.45. The SMILES string of the molecule is NC(=S)C1(NC(=O)c2ccc(Br)cc2F)CCCCC1. The van der Waals surface area contributed by atoms with Gasteiger partial charge in [-0.2, -0.15) is 0 Å². The van der Waals surface area contributed by atoms with Gasteiger partial charge in [-0.15, -0.1) is 0 Å². The van der Waals surface area contributed by atoms with Crippen molar-refractivity contribution in [3.05, 3.63) is 34.1 Å². The number of nitrogens with two attached hydrogens (primary N) is 1. The fourth-order valence-corrected chi connectivity index (χ4v) is 3.13. The predicted octanol–water partition coefficient (Wildman–Crippen LogP) is 3.31. The fourth-order valence-electron chi connectivity index (χ4n) is 2.55. The maximum absolute atomic E-state index is 13.8. The van der Waals surface area contributed by atoms with E-state index in [1.165, 1.54) is 12.1 Å². The molecule has 0 atom stereocenters. The van der Waals surface area contributed by atoms with Crippen LogP contribution >= 0.6 is 28.1 Å². The highest BCUT2D eigenvalue weighted by molar-refractivity contribution is 9.10.